The van der Waals surface area contributed by atoms with Gasteiger partial charge in [-0.1, -0.05) is 6.08 Å². The van der Waals surface area contributed by atoms with E-state index in [9.17, 15) is 24.9 Å². The van der Waals surface area contributed by atoms with E-state index in [4.69, 9.17) is 4.74 Å². The predicted molar refractivity (Wildman–Crippen MR) is 53.5 cm³/mol. The molecule has 0 saturated heterocycles. The number of carboxylic acid groups (broad SMARTS) is 2. The fraction of sp³-hybridized carbons (Fsp3) is 0.600. The maximum atomic E-state index is 10.3. The average Bonchev–Trinajstić information content (AvgIpc) is 2.15. The van der Waals surface area contributed by atoms with Gasteiger partial charge in [-0.3, -0.25) is 4.90 Å². The molecule has 0 saturated carbocycles. The normalized spacial score (nSPS) is 11.1. The van der Waals surface area contributed by atoms with E-state index >= 15 is 0 Å². The quantitative estimate of drug-likeness (QED) is 0.241. The fourth-order valence-electron chi connectivity index (χ4n) is 1.19. The molecule has 0 rings (SSSR count). The first-order valence-electron chi connectivity index (χ1n) is 4.94. The van der Waals surface area contributed by atoms with Gasteiger partial charge in [-0.05, 0) is 0 Å². The molecule has 7 nitrogen and oxygen atoms in total. The number of hydrogen-bond acceptors (Lipinski definition) is 7. The Bertz CT molecular complexity index is 261. The van der Waals surface area contributed by atoms with Crippen molar-refractivity contribution in [3.63, 3.8) is 0 Å². The van der Waals surface area contributed by atoms with Gasteiger partial charge in [-0.2, -0.15) is 0 Å². The van der Waals surface area contributed by atoms with Gasteiger partial charge in [0, 0.05) is 19.6 Å². The Labute approximate surface area is 156 Å². The molecule has 98 valence electrons. The third-order valence-corrected chi connectivity index (χ3v) is 1.72. The van der Waals surface area contributed by atoms with E-state index in [2.05, 4.69) is 6.58 Å². The third kappa shape index (κ3) is 16.5. The summed E-state index contributed by atoms with van der Waals surface area (Å²) in [5, 5.41) is 30.1. The molecular weight excluding hydrogens is 276 g/mol. The van der Waals surface area contributed by atoms with E-state index in [0.717, 1.165) is 4.90 Å². The molecule has 0 heterocycles. The van der Waals surface area contributed by atoms with Crippen molar-refractivity contribution < 1.29 is 88.8 Å². The van der Waals surface area contributed by atoms with Crippen LogP contribution in [0.2, 0.25) is 0 Å². The van der Waals surface area contributed by atoms with Gasteiger partial charge in [0.1, 0.15) is 0 Å². The maximum absolute atomic E-state index is 10.3. The second-order valence-electron chi connectivity index (χ2n) is 3.39. The minimum absolute atomic E-state index is 0. The number of hydrogen-bond donors (Lipinski definition) is 1. The van der Waals surface area contributed by atoms with Gasteiger partial charge in [0.2, 0.25) is 0 Å². The number of ether oxygens (including phenoxy) is 1. The van der Waals surface area contributed by atoms with Crippen LogP contribution in [-0.2, 0) is 14.3 Å². The molecule has 1 unspecified atom stereocenters. The van der Waals surface area contributed by atoms with E-state index in [0.29, 0.717) is 0 Å². The van der Waals surface area contributed by atoms with Crippen molar-refractivity contribution in [1.82, 2.24) is 4.90 Å². The first kappa shape index (κ1) is 24.6. The SMILES string of the molecule is C=CCOCC(O)CN(CC(=O)[O-])CC(=O)[O-].[Na+].[Na+]. The largest absolute Gasteiger partial charge is 1.00 e. The number of aliphatic hydroxyl groups is 1. The molecule has 0 aliphatic heterocycles. The summed E-state index contributed by atoms with van der Waals surface area (Å²) in [6.45, 7) is 2.28. The topological polar surface area (TPSA) is 113 Å². The summed E-state index contributed by atoms with van der Waals surface area (Å²) in [4.78, 5) is 21.7. The Morgan fingerprint density at radius 2 is 1.74 bits per heavy atom. The number of carbonyl (C=O) groups is 2. The van der Waals surface area contributed by atoms with E-state index in [1.807, 2.05) is 0 Å². The molecule has 9 heteroatoms. The summed E-state index contributed by atoms with van der Waals surface area (Å²) >= 11 is 0. The summed E-state index contributed by atoms with van der Waals surface area (Å²) in [7, 11) is 0. The van der Waals surface area contributed by atoms with Gasteiger partial charge in [-0.15, -0.1) is 6.58 Å². The van der Waals surface area contributed by atoms with Crippen molar-refractivity contribution in [2.75, 3.05) is 32.8 Å². The van der Waals surface area contributed by atoms with E-state index in [-0.39, 0.29) is 78.9 Å². The van der Waals surface area contributed by atoms with Crippen LogP contribution in [0.25, 0.3) is 0 Å². The molecule has 1 atom stereocenters. The van der Waals surface area contributed by atoms with Gasteiger partial charge in [0.25, 0.3) is 0 Å². The Morgan fingerprint density at radius 1 is 1.26 bits per heavy atom. The van der Waals surface area contributed by atoms with Crippen LogP contribution in [0.1, 0.15) is 0 Å². The average molecular weight is 291 g/mol. The van der Waals surface area contributed by atoms with Crippen molar-refractivity contribution in [3.05, 3.63) is 12.7 Å². The zero-order valence-corrected chi connectivity index (χ0v) is 15.3. The van der Waals surface area contributed by atoms with Gasteiger partial charge >= 0.3 is 59.1 Å². The second kappa shape index (κ2) is 15.0. The van der Waals surface area contributed by atoms with Crippen LogP contribution < -0.4 is 69.3 Å². The third-order valence-electron chi connectivity index (χ3n) is 1.72. The molecule has 0 aliphatic rings. The first-order valence-corrected chi connectivity index (χ1v) is 4.94. The minimum atomic E-state index is -1.43. The van der Waals surface area contributed by atoms with Crippen molar-refractivity contribution >= 4 is 11.9 Å². The van der Waals surface area contributed by atoms with Crippen LogP contribution in [-0.4, -0.2) is 60.9 Å². The van der Waals surface area contributed by atoms with Crippen LogP contribution in [0.3, 0.4) is 0 Å². The molecule has 0 aromatic carbocycles. The Hall–Kier alpha value is 0.560. The fourth-order valence-corrected chi connectivity index (χ4v) is 1.19. The molecule has 0 radical (unpaired) electrons. The number of rotatable bonds is 10. The smallest absolute Gasteiger partial charge is 0.549 e. The molecule has 0 aliphatic carbocycles. The molecule has 0 spiro atoms. The standard InChI is InChI=1S/C10H17NO6.2Na/c1-2-3-17-7-8(12)4-11(5-9(13)14)6-10(15)16;;/h2,8,12H,1,3-7H2,(H,13,14)(H,15,16);;/q;2*+1/p-2. The number of aliphatic carboxylic acids is 2. The van der Waals surface area contributed by atoms with Crippen LogP contribution >= 0.6 is 0 Å². The molecule has 0 amide bonds. The zero-order chi connectivity index (χ0) is 13.3. The number of nitrogens with zero attached hydrogens (tertiary/aromatic N) is 1. The van der Waals surface area contributed by atoms with Gasteiger partial charge in [0.15, 0.2) is 0 Å². The molecular formula is C10H15NNa2O6. The van der Waals surface area contributed by atoms with Crippen LogP contribution in [0.4, 0.5) is 0 Å². The van der Waals surface area contributed by atoms with Gasteiger partial charge < -0.3 is 29.6 Å². The molecule has 1 N–H and O–H groups in total. The van der Waals surface area contributed by atoms with Crippen LogP contribution in [0.5, 0.6) is 0 Å². The van der Waals surface area contributed by atoms with Gasteiger partial charge in [0.05, 0.1) is 31.3 Å². The second-order valence-corrected chi connectivity index (χ2v) is 3.39. The minimum Gasteiger partial charge on any atom is -0.549 e. The molecule has 0 bridgehead atoms. The van der Waals surface area contributed by atoms with E-state index in [1.165, 1.54) is 6.08 Å². The molecule has 0 aromatic rings. The summed E-state index contributed by atoms with van der Waals surface area (Å²) in [6.07, 6.45) is 0.501. The van der Waals surface area contributed by atoms with Crippen molar-refractivity contribution in [2.24, 2.45) is 0 Å². The zero-order valence-electron chi connectivity index (χ0n) is 11.3. The number of carboxylic acids is 2. The summed E-state index contributed by atoms with van der Waals surface area (Å²) in [6, 6.07) is 0. The van der Waals surface area contributed by atoms with E-state index < -0.39 is 31.1 Å². The Balaban J connectivity index is -0.00000128. The Morgan fingerprint density at radius 3 is 2.11 bits per heavy atom. The van der Waals surface area contributed by atoms with Crippen LogP contribution in [0.15, 0.2) is 12.7 Å². The van der Waals surface area contributed by atoms with Crippen molar-refractivity contribution in [1.29, 1.82) is 0 Å². The predicted octanol–water partition coefficient (Wildman–Crippen LogP) is -9.64. The number of carbonyl (C=O) groups excluding carboxylic acids is 2. The molecule has 0 fully saturated rings. The monoisotopic (exact) mass is 291 g/mol. The van der Waals surface area contributed by atoms with Crippen molar-refractivity contribution in [2.45, 2.75) is 6.10 Å². The van der Waals surface area contributed by atoms with Gasteiger partial charge in [-0.25, -0.2) is 0 Å². The maximum Gasteiger partial charge on any atom is 1.00 e. The summed E-state index contributed by atoms with van der Waals surface area (Å²) in [5.74, 6) is -2.85. The first-order chi connectivity index (χ1) is 7.95. The molecule has 0 aromatic heterocycles. The Kier molecular flexibility index (Phi) is 19.3. The summed E-state index contributed by atoms with van der Waals surface area (Å²) in [5.41, 5.74) is 0. The van der Waals surface area contributed by atoms with E-state index in [1.54, 1.807) is 0 Å². The number of aliphatic hydroxyl groups excluding tert-OH is 1. The summed E-state index contributed by atoms with van der Waals surface area (Å²) < 4.78 is 4.93. The molecule has 19 heavy (non-hydrogen) atoms. The van der Waals surface area contributed by atoms with Crippen molar-refractivity contribution in [3.8, 4) is 0 Å². The van der Waals surface area contributed by atoms with Crippen LogP contribution in [0, 0.1) is 0 Å².